The molecule has 1 atom stereocenters. The van der Waals surface area contributed by atoms with Crippen molar-refractivity contribution in [3.05, 3.63) is 17.3 Å². The first-order valence-corrected chi connectivity index (χ1v) is 7.78. The smallest absolute Gasteiger partial charge is 0.195 e. The highest BCUT2D eigenvalue weighted by molar-refractivity contribution is 7.15. The van der Waals surface area contributed by atoms with Gasteiger partial charge in [-0.2, -0.15) is 0 Å². The van der Waals surface area contributed by atoms with Gasteiger partial charge in [-0.1, -0.05) is 20.8 Å². The quantitative estimate of drug-likeness (QED) is 0.919. The monoisotopic (exact) mass is 278 g/mol. The Balaban J connectivity index is 1.91. The van der Waals surface area contributed by atoms with E-state index in [1.165, 1.54) is 6.42 Å². The lowest BCUT2D eigenvalue weighted by molar-refractivity contribution is 0.263. The van der Waals surface area contributed by atoms with Gasteiger partial charge in [0, 0.05) is 31.2 Å². The third-order valence-corrected chi connectivity index (χ3v) is 5.00. The minimum atomic E-state index is 0.370. The molecule has 0 saturated carbocycles. The fourth-order valence-corrected chi connectivity index (χ4v) is 3.65. The molecule has 104 valence electrons. The highest BCUT2D eigenvalue weighted by Gasteiger charge is 2.33. The zero-order valence-corrected chi connectivity index (χ0v) is 12.7. The molecular weight excluding hydrogens is 256 g/mol. The zero-order chi connectivity index (χ0) is 13.6. The largest absolute Gasteiger partial charge is 0.355 e. The number of thiazole rings is 1. The average molecular weight is 278 g/mol. The molecule has 1 aliphatic rings. The Morgan fingerprint density at radius 2 is 2.26 bits per heavy atom. The van der Waals surface area contributed by atoms with Crippen molar-refractivity contribution >= 4 is 22.1 Å². The zero-order valence-electron chi connectivity index (χ0n) is 11.9. The minimum Gasteiger partial charge on any atom is -0.355 e. The van der Waals surface area contributed by atoms with E-state index < -0.39 is 0 Å². The standard InChI is InChI=1S/C14H22N4S/c1-14(2,3)10-4-5-17(9-10)12-11(8-15)18-6-7-19-13(18)16-12/h6-7,10H,4-5,8-9,15H2,1-3H3. The normalized spacial score (nSPS) is 20.6. The Labute approximate surface area is 118 Å². The average Bonchev–Trinajstić information content (AvgIpc) is 3.01. The van der Waals surface area contributed by atoms with Gasteiger partial charge in [-0.15, -0.1) is 11.3 Å². The van der Waals surface area contributed by atoms with Crippen LogP contribution in [0.2, 0.25) is 0 Å². The molecule has 0 aliphatic carbocycles. The van der Waals surface area contributed by atoms with E-state index in [0.29, 0.717) is 12.0 Å². The van der Waals surface area contributed by atoms with E-state index in [9.17, 15) is 0 Å². The van der Waals surface area contributed by atoms with E-state index in [-0.39, 0.29) is 0 Å². The number of nitrogens with zero attached hydrogens (tertiary/aromatic N) is 3. The van der Waals surface area contributed by atoms with Gasteiger partial charge in [0.2, 0.25) is 0 Å². The fourth-order valence-electron chi connectivity index (χ4n) is 2.92. The van der Waals surface area contributed by atoms with Crippen LogP contribution < -0.4 is 10.6 Å². The summed E-state index contributed by atoms with van der Waals surface area (Å²) in [7, 11) is 0. The molecule has 3 rings (SSSR count). The van der Waals surface area contributed by atoms with Gasteiger partial charge in [0.05, 0.1) is 5.69 Å². The van der Waals surface area contributed by atoms with Crippen molar-refractivity contribution in [3.8, 4) is 0 Å². The van der Waals surface area contributed by atoms with Crippen LogP contribution in [0.1, 0.15) is 32.9 Å². The highest BCUT2D eigenvalue weighted by atomic mass is 32.1. The highest BCUT2D eigenvalue weighted by Crippen LogP contribution is 2.36. The molecule has 0 spiro atoms. The van der Waals surface area contributed by atoms with Crippen LogP contribution >= 0.6 is 11.3 Å². The Hall–Kier alpha value is -1.07. The molecule has 1 fully saturated rings. The molecule has 2 aromatic heterocycles. The van der Waals surface area contributed by atoms with Crippen LogP contribution in [0.4, 0.5) is 5.82 Å². The fraction of sp³-hybridized carbons (Fsp3) is 0.643. The van der Waals surface area contributed by atoms with Crippen LogP contribution in [0.3, 0.4) is 0 Å². The van der Waals surface area contributed by atoms with Crippen molar-refractivity contribution in [1.29, 1.82) is 0 Å². The lowest BCUT2D eigenvalue weighted by atomic mass is 9.80. The Bertz CT molecular complexity index is 578. The molecule has 4 nitrogen and oxygen atoms in total. The number of nitrogens with two attached hydrogens (primary N) is 1. The first-order chi connectivity index (χ1) is 9.00. The molecule has 1 aliphatic heterocycles. The summed E-state index contributed by atoms with van der Waals surface area (Å²) in [5.74, 6) is 1.83. The summed E-state index contributed by atoms with van der Waals surface area (Å²) in [6.07, 6.45) is 3.31. The molecular formula is C14H22N4S. The summed E-state index contributed by atoms with van der Waals surface area (Å²) in [6, 6.07) is 0. The minimum absolute atomic E-state index is 0.370. The molecule has 2 aromatic rings. The second kappa shape index (κ2) is 4.49. The number of anilines is 1. The predicted molar refractivity (Wildman–Crippen MR) is 80.7 cm³/mol. The van der Waals surface area contributed by atoms with Crippen LogP contribution in [0, 0.1) is 11.3 Å². The van der Waals surface area contributed by atoms with Gasteiger partial charge in [0.25, 0.3) is 0 Å². The van der Waals surface area contributed by atoms with Crippen molar-refractivity contribution < 1.29 is 0 Å². The van der Waals surface area contributed by atoms with Gasteiger partial charge in [-0.3, -0.25) is 4.40 Å². The first kappa shape index (κ1) is 12.9. The van der Waals surface area contributed by atoms with Gasteiger partial charge in [-0.25, -0.2) is 4.98 Å². The summed E-state index contributed by atoms with van der Waals surface area (Å²) in [4.78, 5) is 8.23. The lowest BCUT2D eigenvalue weighted by Gasteiger charge is -2.27. The van der Waals surface area contributed by atoms with E-state index in [2.05, 4.69) is 41.6 Å². The second-order valence-electron chi connectivity index (χ2n) is 6.44. The third-order valence-electron chi connectivity index (χ3n) is 4.25. The number of rotatable bonds is 2. The number of aromatic nitrogens is 2. The van der Waals surface area contributed by atoms with Crippen LogP contribution in [0.5, 0.6) is 0 Å². The SMILES string of the molecule is CC(C)(C)C1CCN(c2nc3sccn3c2CN)C1. The van der Waals surface area contributed by atoms with Gasteiger partial charge < -0.3 is 10.6 Å². The Morgan fingerprint density at radius 3 is 2.89 bits per heavy atom. The van der Waals surface area contributed by atoms with Gasteiger partial charge in [0.1, 0.15) is 0 Å². The summed E-state index contributed by atoms with van der Waals surface area (Å²) in [5.41, 5.74) is 7.44. The maximum Gasteiger partial charge on any atom is 0.195 e. The molecule has 0 bridgehead atoms. The summed E-state index contributed by atoms with van der Waals surface area (Å²) < 4.78 is 2.13. The van der Waals surface area contributed by atoms with E-state index >= 15 is 0 Å². The molecule has 0 aromatic carbocycles. The molecule has 2 N–H and O–H groups in total. The maximum atomic E-state index is 5.93. The van der Waals surface area contributed by atoms with Crippen molar-refractivity contribution in [2.45, 2.75) is 33.7 Å². The van der Waals surface area contributed by atoms with Crippen LogP contribution in [0.25, 0.3) is 4.96 Å². The summed E-state index contributed by atoms with van der Waals surface area (Å²) >= 11 is 1.67. The van der Waals surface area contributed by atoms with Crippen molar-refractivity contribution in [3.63, 3.8) is 0 Å². The third kappa shape index (κ3) is 2.15. The maximum absolute atomic E-state index is 5.93. The van der Waals surface area contributed by atoms with Gasteiger partial charge in [0.15, 0.2) is 10.8 Å². The van der Waals surface area contributed by atoms with Crippen molar-refractivity contribution in [2.24, 2.45) is 17.1 Å². The molecule has 1 unspecified atom stereocenters. The second-order valence-corrected chi connectivity index (χ2v) is 7.31. The van der Waals surface area contributed by atoms with Crippen molar-refractivity contribution in [1.82, 2.24) is 9.38 Å². The molecule has 0 amide bonds. The summed E-state index contributed by atoms with van der Waals surface area (Å²) in [5, 5.41) is 2.06. The Kier molecular flexibility index (Phi) is 3.06. The molecule has 0 radical (unpaired) electrons. The molecule has 5 heteroatoms. The number of imidazole rings is 1. The van der Waals surface area contributed by atoms with E-state index in [4.69, 9.17) is 10.7 Å². The Morgan fingerprint density at radius 1 is 1.47 bits per heavy atom. The van der Waals surface area contributed by atoms with Gasteiger partial charge >= 0.3 is 0 Å². The summed E-state index contributed by atoms with van der Waals surface area (Å²) in [6.45, 7) is 9.73. The van der Waals surface area contributed by atoms with Gasteiger partial charge in [-0.05, 0) is 17.8 Å². The van der Waals surface area contributed by atoms with Crippen LogP contribution in [-0.2, 0) is 6.54 Å². The topological polar surface area (TPSA) is 46.6 Å². The van der Waals surface area contributed by atoms with Crippen molar-refractivity contribution in [2.75, 3.05) is 18.0 Å². The van der Waals surface area contributed by atoms with Crippen LogP contribution in [0.15, 0.2) is 11.6 Å². The van der Waals surface area contributed by atoms with Crippen LogP contribution in [-0.4, -0.2) is 22.5 Å². The van der Waals surface area contributed by atoms with E-state index in [1.54, 1.807) is 11.3 Å². The van der Waals surface area contributed by atoms with E-state index in [1.807, 2.05) is 0 Å². The molecule has 19 heavy (non-hydrogen) atoms. The van der Waals surface area contributed by atoms with E-state index in [0.717, 1.165) is 35.5 Å². The number of hydrogen-bond donors (Lipinski definition) is 1. The first-order valence-electron chi connectivity index (χ1n) is 6.90. The predicted octanol–water partition coefficient (Wildman–Crippen LogP) is 2.73. The number of fused-ring (bicyclic) bond motifs is 1. The number of hydrogen-bond acceptors (Lipinski definition) is 4. The molecule has 3 heterocycles. The lowest BCUT2D eigenvalue weighted by Crippen LogP contribution is -2.27. The molecule has 1 saturated heterocycles.